The smallest absolute Gasteiger partial charge is 0.0873 e. The van der Waals surface area contributed by atoms with E-state index in [1.807, 2.05) is 18.2 Å². The van der Waals surface area contributed by atoms with Crippen molar-refractivity contribution in [2.45, 2.75) is 0 Å². The maximum absolute atomic E-state index is 8.85. The third-order valence-corrected chi connectivity index (χ3v) is 8.85. The molecule has 0 unspecified atom stereocenters. The fraction of sp³-hybridized carbons (Fsp3) is 0. The second kappa shape index (κ2) is 11.9. The number of hydrogen-bond donors (Lipinski definition) is 2. The summed E-state index contributed by atoms with van der Waals surface area (Å²) in [7, 11) is 0. The Morgan fingerprint density at radius 1 is 0.383 bits per heavy atom. The molecule has 1 aliphatic carbocycles. The first-order valence-corrected chi connectivity index (χ1v) is 15.8. The normalized spacial score (nSPS) is 12.3. The highest BCUT2D eigenvalue weighted by Crippen LogP contribution is 2.42. The van der Waals surface area contributed by atoms with Gasteiger partial charge in [0.05, 0.1) is 11.4 Å². The van der Waals surface area contributed by atoms with Gasteiger partial charge in [0.15, 0.2) is 0 Å². The lowest BCUT2D eigenvalue weighted by Gasteiger charge is -2.28. The van der Waals surface area contributed by atoms with Crippen LogP contribution >= 0.6 is 0 Å². The molecule has 0 heterocycles. The standard InChI is InChI=1S/C44H31N3/c45-42-24-22-34-20-19-33-21-23-39(29-41(33)43(34)44(42)46)47(38-18-10-17-35(26-38)30-11-4-1-5-12-30)40-27-36(31-13-6-2-7-14-31)25-37(28-40)32-15-8-3-9-16-32/h1-29,45-46H. The van der Waals surface area contributed by atoms with E-state index < -0.39 is 0 Å². The summed E-state index contributed by atoms with van der Waals surface area (Å²) in [4.78, 5) is 2.32. The number of benzene rings is 7. The summed E-state index contributed by atoms with van der Waals surface area (Å²) in [5, 5.41) is 19.3. The molecule has 0 aromatic heterocycles. The van der Waals surface area contributed by atoms with Gasteiger partial charge in [0.25, 0.3) is 0 Å². The van der Waals surface area contributed by atoms with Crippen LogP contribution in [0.15, 0.2) is 170 Å². The second-order valence-electron chi connectivity index (χ2n) is 11.8. The molecule has 8 rings (SSSR count). The van der Waals surface area contributed by atoms with Gasteiger partial charge >= 0.3 is 0 Å². The maximum Gasteiger partial charge on any atom is 0.0873 e. The van der Waals surface area contributed by atoms with E-state index in [1.54, 1.807) is 6.08 Å². The largest absolute Gasteiger partial charge is 0.310 e. The number of anilines is 3. The maximum atomic E-state index is 8.85. The molecular weight excluding hydrogens is 571 g/mol. The molecule has 0 radical (unpaired) electrons. The quantitative estimate of drug-likeness (QED) is 0.196. The zero-order valence-electron chi connectivity index (χ0n) is 25.7. The van der Waals surface area contributed by atoms with Gasteiger partial charge in [-0.3, -0.25) is 10.8 Å². The minimum atomic E-state index is 0.228. The lowest BCUT2D eigenvalue weighted by atomic mass is 9.89. The van der Waals surface area contributed by atoms with Crippen LogP contribution in [-0.4, -0.2) is 11.4 Å². The molecule has 0 amide bonds. The Kier molecular flexibility index (Phi) is 7.12. The highest BCUT2D eigenvalue weighted by molar-refractivity contribution is 6.53. The first-order valence-electron chi connectivity index (χ1n) is 15.8. The minimum absolute atomic E-state index is 0.228. The van der Waals surface area contributed by atoms with E-state index in [0.717, 1.165) is 72.3 Å². The molecule has 47 heavy (non-hydrogen) atoms. The van der Waals surface area contributed by atoms with Crippen LogP contribution in [0.4, 0.5) is 17.1 Å². The Morgan fingerprint density at radius 3 is 1.55 bits per heavy atom. The highest BCUT2D eigenvalue weighted by atomic mass is 15.1. The summed E-state index contributed by atoms with van der Waals surface area (Å²) in [6.45, 7) is 0. The van der Waals surface area contributed by atoms with Crippen molar-refractivity contribution in [1.82, 2.24) is 0 Å². The third kappa shape index (κ3) is 5.34. The van der Waals surface area contributed by atoms with Crippen molar-refractivity contribution in [3.63, 3.8) is 0 Å². The summed E-state index contributed by atoms with van der Waals surface area (Å²) in [6.07, 6.45) is 3.65. The van der Waals surface area contributed by atoms with E-state index in [2.05, 4.69) is 157 Å². The molecular formula is C44H31N3. The number of fused-ring (bicyclic) bond motifs is 3. The lowest BCUT2D eigenvalue weighted by Crippen LogP contribution is -2.16. The van der Waals surface area contributed by atoms with Gasteiger partial charge in [-0.15, -0.1) is 0 Å². The molecule has 0 bridgehead atoms. The highest BCUT2D eigenvalue weighted by Gasteiger charge is 2.21. The molecule has 0 atom stereocenters. The molecule has 0 aliphatic heterocycles. The van der Waals surface area contributed by atoms with Crippen LogP contribution < -0.4 is 4.90 Å². The van der Waals surface area contributed by atoms with E-state index >= 15 is 0 Å². The van der Waals surface area contributed by atoms with Crippen molar-refractivity contribution < 1.29 is 0 Å². The van der Waals surface area contributed by atoms with Crippen molar-refractivity contribution in [2.24, 2.45) is 0 Å². The summed E-state index contributed by atoms with van der Waals surface area (Å²) >= 11 is 0. The van der Waals surface area contributed by atoms with Gasteiger partial charge in [-0.1, -0.05) is 127 Å². The Balaban J connectivity index is 1.39. The Labute approximate surface area is 274 Å². The van der Waals surface area contributed by atoms with E-state index in [4.69, 9.17) is 10.8 Å². The van der Waals surface area contributed by atoms with Crippen molar-refractivity contribution in [3.8, 4) is 33.4 Å². The van der Waals surface area contributed by atoms with Gasteiger partial charge < -0.3 is 4.90 Å². The number of rotatable bonds is 6. The number of nitrogens with zero attached hydrogens (tertiary/aromatic N) is 1. The van der Waals surface area contributed by atoms with Gasteiger partial charge in [0, 0.05) is 22.6 Å². The Hall–Kier alpha value is -6.32. The average Bonchev–Trinajstić information content (AvgIpc) is 3.14. The minimum Gasteiger partial charge on any atom is -0.310 e. The van der Waals surface area contributed by atoms with Crippen LogP contribution in [0.1, 0.15) is 11.1 Å². The Morgan fingerprint density at radius 2 is 0.915 bits per heavy atom. The molecule has 1 aliphatic rings. The molecule has 0 spiro atoms. The number of hydrogen-bond acceptors (Lipinski definition) is 3. The van der Waals surface area contributed by atoms with Gasteiger partial charge in [0.1, 0.15) is 0 Å². The van der Waals surface area contributed by atoms with E-state index in [0.29, 0.717) is 0 Å². The zero-order valence-corrected chi connectivity index (χ0v) is 25.7. The van der Waals surface area contributed by atoms with Gasteiger partial charge in [-0.25, -0.2) is 0 Å². The van der Waals surface area contributed by atoms with Gasteiger partial charge in [-0.05, 0) is 98.3 Å². The predicted molar refractivity (Wildman–Crippen MR) is 199 cm³/mol. The monoisotopic (exact) mass is 601 g/mol. The van der Waals surface area contributed by atoms with Gasteiger partial charge in [-0.2, -0.15) is 0 Å². The van der Waals surface area contributed by atoms with Crippen LogP contribution in [-0.2, 0) is 0 Å². The van der Waals surface area contributed by atoms with Crippen LogP contribution in [0, 0.1) is 10.8 Å². The lowest BCUT2D eigenvalue weighted by molar-refractivity contribution is 1.29. The third-order valence-electron chi connectivity index (χ3n) is 8.85. The molecule has 0 saturated heterocycles. The van der Waals surface area contributed by atoms with Crippen LogP contribution in [0.3, 0.4) is 0 Å². The number of allylic oxidation sites excluding steroid dienone is 1. The van der Waals surface area contributed by atoms with E-state index in [-0.39, 0.29) is 11.4 Å². The van der Waals surface area contributed by atoms with E-state index in [1.165, 1.54) is 0 Å². The molecule has 3 nitrogen and oxygen atoms in total. The van der Waals surface area contributed by atoms with Crippen LogP contribution in [0.2, 0.25) is 0 Å². The average molecular weight is 602 g/mol. The molecule has 222 valence electrons. The first-order chi connectivity index (χ1) is 23.1. The summed E-state index contributed by atoms with van der Waals surface area (Å²) in [5.74, 6) is 0. The van der Waals surface area contributed by atoms with E-state index in [9.17, 15) is 0 Å². The van der Waals surface area contributed by atoms with Crippen LogP contribution in [0.5, 0.6) is 0 Å². The predicted octanol–water partition coefficient (Wildman–Crippen LogP) is 11.7. The van der Waals surface area contributed by atoms with Crippen molar-refractivity contribution in [3.05, 3.63) is 181 Å². The SMILES string of the molecule is N=C1C=Cc2ccc3ccc(N(c4cccc(-c5ccccc5)c4)c4cc(-c5ccccc5)cc(-c5ccccc5)c4)cc3c2C1=N. The Bertz CT molecular complexity index is 2260. The molecule has 7 aromatic carbocycles. The van der Waals surface area contributed by atoms with Crippen molar-refractivity contribution in [1.29, 1.82) is 10.8 Å². The molecule has 0 fully saturated rings. The van der Waals surface area contributed by atoms with Crippen molar-refractivity contribution >= 4 is 45.3 Å². The summed E-state index contributed by atoms with van der Waals surface area (Å²) in [5.41, 5.74) is 12.1. The zero-order chi connectivity index (χ0) is 31.7. The number of nitrogens with one attached hydrogen (secondary N) is 2. The summed E-state index contributed by atoms with van der Waals surface area (Å²) < 4.78 is 0. The molecule has 2 N–H and O–H groups in total. The van der Waals surface area contributed by atoms with Crippen LogP contribution in [0.25, 0.3) is 50.2 Å². The first kappa shape index (κ1) is 28.2. The fourth-order valence-corrected chi connectivity index (χ4v) is 6.51. The topological polar surface area (TPSA) is 50.9 Å². The molecule has 7 aromatic rings. The second-order valence-corrected chi connectivity index (χ2v) is 11.8. The summed E-state index contributed by atoms with van der Waals surface area (Å²) in [6, 6.07) is 57.6. The van der Waals surface area contributed by atoms with Crippen molar-refractivity contribution in [2.75, 3.05) is 4.90 Å². The van der Waals surface area contributed by atoms with Gasteiger partial charge in [0.2, 0.25) is 0 Å². The molecule has 0 saturated carbocycles. The fourth-order valence-electron chi connectivity index (χ4n) is 6.51. The molecule has 3 heteroatoms.